The van der Waals surface area contributed by atoms with Crippen molar-refractivity contribution >= 4 is 0 Å². The third-order valence-corrected chi connectivity index (χ3v) is 4.41. The highest BCUT2D eigenvalue weighted by Crippen LogP contribution is 2.29. The van der Waals surface area contributed by atoms with Crippen LogP contribution < -0.4 is 0 Å². The Bertz CT molecular complexity index is 195. The molecule has 1 aliphatic carbocycles. The highest BCUT2D eigenvalue weighted by atomic mass is 15.2. The number of hydrogen-bond donors (Lipinski definition) is 0. The van der Waals surface area contributed by atoms with E-state index in [2.05, 4.69) is 24.5 Å². The Balaban J connectivity index is 1.78. The van der Waals surface area contributed by atoms with Crippen LogP contribution >= 0.6 is 0 Å². The first kappa shape index (κ1) is 11.2. The monoisotopic (exact) mass is 207 g/mol. The number of hydrogen-bond acceptors (Lipinski definition) is 1. The van der Waals surface area contributed by atoms with Gasteiger partial charge in [0.2, 0.25) is 0 Å². The summed E-state index contributed by atoms with van der Waals surface area (Å²) in [6.45, 7) is 8.95. The third-order valence-electron chi connectivity index (χ3n) is 4.41. The average Bonchev–Trinajstić information content (AvgIpc) is 2.30. The molecule has 0 N–H and O–H groups in total. The van der Waals surface area contributed by atoms with Gasteiger partial charge in [0, 0.05) is 6.04 Å². The first-order valence-electron chi connectivity index (χ1n) is 6.66. The molecule has 0 aromatic carbocycles. The summed E-state index contributed by atoms with van der Waals surface area (Å²) in [5, 5.41) is 0. The second-order valence-electron chi connectivity index (χ2n) is 5.52. The van der Waals surface area contributed by atoms with E-state index in [0.29, 0.717) is 0 Å². The largest absolute Gasteiger partial charge is 0.300 e. The van der Waals surface area contributed by atoms with Crippen LogP contribution in [0.4, 0.5) is 0 Å². The fourth-order valence-corrected chi connectivity index (χ4v) is 3.13. The van der Waals surface area contributed by atoms with Gasteiger partial charge in [0.1, 0.15) is 0 Å². The Morgan fingerprint density at radius 1 is 1.00 bits per heavy atom. The fraction of sp³-hybridized carbons (Fsp3) is 0.857. The number of allylic oxidation sites excluding steroid dienone is 1. The summed E-state index contributed by atoms with van der Waals surface area (Å²) in [5.41, 5.74) is 0. The van der Waals surface area contributed by atoms with E-state index in [-0.39, 0.29) is 0 Å². The summed E-state index contributed by atoms with van der Waals surface area (Å²) in [6, 6.07) is 0.909. The molecule has 15 heavy (non-hydrogen) atoms. The minimum absolute atomic E-state index is 0.795. The Labute approximate surface area is 94.5 Å². The second-order valence-corrected chi connectivity index (χ2v) is 5.52. The molecule has 0 spiro atoms. The Hall–Kier alpha value is -0.300. The lowest BCUT2D eigenvalue weighted by Crippen LogP contribution is -2.42. The highest BCUT2D eigenvalue weighted by molar-refractivity contribution is 4.87. The second kappa shape index (κ2) is 5.16. The number of rotatable bonds is 2. The molecule has 0 unspecified atom stereocenters. The molecule has 1 saturated carbocycles. The van der Waals surface area contributed by atoms with Gasteiger partial charge in [-0.15, -0.1) is 6.58 Å². The molecule has 2 rings (SSSR count). The van der Waals surface area contributed by atoms with Gasteiger partial charge in [-0.3, -0.25) is 0 Å². The maximum atomic E-state index is 3.91. The lowest BCUT2D eigenvalue weighted by atomic mass is 9.85. The van der Waals surface area contributed by atoms with Crippen LogP contribution in [-0.2, 0) is 0 Å². The van der Waals surface area contributed by atoms with Crippen LogP contribution in [0.5, 0.6) is 0 Å². The summed E-state index contributed by atoms with van der Waals surface area (Å²) in [6.07, 6.45) is 10.6. The predicted molar refractivity (Wildman–Crippen MR) is 65.9 cm³/mol. The van der Waals surface area contributed by atoms with Crippen molar-refractivity contribution in [3.8, 4) is 0 Å². The standard InChI is InChI=1S/C14H25N/c1-3-13-8-10-15(11-9-13)14-6-4-12(2)5-7-14/h3,12-14H,1,4-11H2,2H3. The predicted octanol–water partition coefficient (Wildman–Crippen LogP) is 3.46. The quantitative estimate of drug-likeness (QED) is 0.627. The molecule has 0 aromatic heterocycles. The number of piperidine rings is 1. The van der Waals surface area contributed by atoms with Crippen molar-refractivity contribution in [1.82, 2.24) is 4.90 Å². The minimum Gasteiger partial charge on any atom is -0.300 e. The van der Waals surface area contributed by atoms with E-state index < -0.39 is 0 Å². The molecule has 1 aliphatic heterocycles. The lowest BCUT2D eigenvalue weighted by Gasteiger charge is -2.39. The van der Waals surface area contributed by atoms with E-state index >= 15 is 0 Å². The molecule has 0 aromatic rings. The van der Waals surface area contributed by atoms with Gasteiger partial charge in [0.05, 0.1) is 0 Å². The summed E-state index contributed by atoms with van der Waals surface area (Å²) in [7, 11) is 0. The molecular formula is C14H25N. The van der Waals surface area contributed by atoms with Gasteiger partial charge in [-0.25, -0.2) is 0 Å². The van der Waals surface area contributed by atoms with E-state index in [4.69, 9.17) is 0 Å². The molecule has 0 radical (unpaired) electrons. The van der Waals surface area contributed by atoms with Crippen LogP contribution in [0.15, 0.2) is 12.7 Å². The maximum absolute atomic E-state index is 3.91. The van der Waals surface area contributed by atoms with Gasteiger partial charge in [-0.1, -0.05) is 13.0 Å². The van der Waals surface area contributed by atoms with Crippen molar-refractivity contribution < 1.29 is 0 Å². The lowest BCUT2D eigenvalue weighted by molar-refractivity contribution is 0.106. The molecule has 1 heteroatoms. The molecule has 2 fully saturated rings. The highest BCUT2D eigenvalue weighted by Gasteiger charge is 2.26. The molecular weight excluding hydrogens is 182 g/mol. The van der Waals surface area contributed by atoms with Crippen LogP contribution in [0.3, 0.4) is 0 Å². The van der Waals surface area contributed by atoms with E-state index in [0.717, 1.165) is 17.9 Å². The van der Waals surface area contributed by atoms with E-state index in [1.54, 1.807) is 0 Å². The Morgan fingerprint density at radius 2 is 1.60 bits per heavy atom. The van der Waals surface area contributed by atoms with Crippen LogP contribution in [0.1, 0.15) is 45.4 Å². The van der Waals surface area contributed by atoms with Crippen molar-refractivity contribution in [2.75, 3.05) is 13.1 Å². The van der Waals surface area contributed by atoms with Gasteiger partial charge in [0.15, 0.2) is 0 Å². The van der Waals surface area contributed by atoms with Gasteiger partial charge in [-0.2, -0.15) is 0 Å². The van der Waals surface area contributed by atoms with Crippen molar-refractivity contribution in [3.05, 3.63) is 12.7 Å². The molecule has 1 heterocycles. The van der Waals surface area contributed by atoms with Crippen LogP contribution in [-0.4, -0.2) is 24.0 Å². The van der Waals surface area contributed by atoms with E-state index in [1.165, 1.54) is 51.6 Å². The fourth-order valence-electron chi connectivity index (χ4n) is 3.13. The summed E-state index contributed by atoms with van der Waals surface area (Å²) in [4.78, 5) is 2.74. The van der Waals surface area contributed by atoms with Gasteiger partial charge < -0.3 is 4.90 Å². The zero-order valence-electron chi connectivity index (χ0n) is 10.1. The van der Waals surface area contributed by atoms with Gasteiger partial charge >= 0.3 is 0 Å². The zero-order chi connectivity index (χ0) is 10.7. The summed E-state index contributed by atoms with van der Waals surface area (Å²) in [5.74, 6) is 1.77. The molecule has 0 atom stereocenters. The topological polar surface area (TPSA) is 3.24 Å². The number of likely N-dealkylation sites (tertiary alicyclic amines) is 1. The van der Waals surface area contributed by atoms with Gasteiger partial charge in [0.25, 0.3) is 0 Å². The first-order chi connectivity index (χ1) is 7.29. The molecule has 86 valence electrons. The Kier molecular flexibility index (Phi) is 3.85. The normalized spacial score (nSPS) is 35.3. The molecule has 0 amide bonds. The summed E-state index contributed by atoms with van der Waals surface area (Å²) < 4.78 is 0. The first-order valence-corrected chi connectivity index (χ1v) is 6.66. The number of nitrogens with zero attached hydrogens (tertiary/aromatic N) is 1. The summed E-state index contributed by atoms with van der Waals surface area (Å²) >= 11 is 0. The zero-order valence-corrected chi connectivity index (χ0v) is 10.1. The smallest absolute Gasteiger partial charge is 0.00954 e. The van der Waals surface area contributed by atoms with Crippen molar-refractivity contribution in [1.29, 1.82) is 0 Å². The van der Waals surface area contributed by atoms with Crippen molar-refractivity contribution in [2.45, 2.75) is 51.5 Å². The van der Waals surface area contributed by atoms with Crippen molar-refractivity contribution in [2.24, 2.45) is 11.8 Å². The van der Waals surface area contributed by atoms with E-state index in [1.807, 2.05) is 0 Å². The van der Waals surface area contributed by atoms with Crippen LogP contribution in [0.2, 0.25) is 0 Å². The minimum atomic E-state index is 0.795. The Morgan fingerprint density at radius 3 is 2.13 bits per heavy atom. The average molecular weight is 207 g/mol. The van der Waals surface area contributed by atoms with Gasteiger partial charge in [-0.05, 0) is 63.5 Å². The molecule has 2 aliphatic rings. The molecule has 1 saturated heterocycles. The van der Waals surface area contributed by atoms with Crippen molar-refractivity contribution in [3.63, 3.8) is 0 Å². The van der Waals surface area contributed by atoms with Crippen LogP contribution in [0.25, 0.3) is 0 Å². The maximum Gasteiger partial charge on any atom is 0.00954 e. The molecule has 1 nitrogen and oxygen atoms in total. The third kappa shape index (κ3) is 2.84. The molecule has 0 bridgehead atoms. The van der Waals surface area contributed by atoms with E-state index in [9.17, 15) is 0 Å². The van der Waals surface area contributed by atoms with Crippen LogP contribution in [0, 0.1) is 11.8 Å². The SMILES string of the molecule is C=CC1CCN(C2CCC(C)CC2)CC1.